The molecule has 0 unspecified atom stereocenters. The minimum Gasteiger partial charge on any atom is -0.464 e. The molecule has 6 nitrogen and oxygen atoms in total. The zero-order valence-corrected chi connectivity index (χ0v) is 14.6. The Kier molecular flexibility index (Phi) is 5.36. The summed E-state index contributed by atoms with van der Waals surface area (Å²) in [6.45, 7) is 4.20. The third kappa shape index (κ3) is 4.11. The first-order chi connectivity index (χ1) is 12.5. The van der Waals surface area contributed by atoms with Crippen molar-refractivity contribution in [2.45, 2.75) is 20.4 Å². The van der Waals surface area contributed by atoms with Crippen LogP contribution in [0.5, 0.6) is 0 Å². The summed E-state index contributed by atoms with van der Waals surface area (Å²) in [6.07, 6.45) is 3.30. The minimum atomic E-state index is -0.395. The van der Waals surface area contributed by atoms with Gasteiger partial charge in [-0.25, -0.2) is 9.07 Å². The van der Waals surface area contributed by atoms with E-state index < -0.39 is 5.97 Å². The summed E-state index contributed by atoms with van der Waals surface area (Å²) < 4.78 is 20.0. The zero-order chi connectivity index (χ0) is 18.5. The summed E-state index contributed by atoms with van der Waals surface area (Å²) in [5.41, 5.74) is 2.73. The van der Waals surface area contributed by atoms with Gasteiger partial charge in [-0.1, -0.05) is 19.1 Å². The number of hydrogen-bond donors (Lipinski definition) is 0. The van der Waals surface area contributed by atoms with Gasteiger partial charge in [0, 0.05) is 23.5 Å². The normalized spacial score (nSPS) is 10.9. The average molecular weight is 354 g/mol. The fourth-order valence-electron chi connectivity index (χ4n) is 2.45. The van der Waals surface area contributed by atoms with E-state index in [9.17, 15) is 9.18 Å². The fraction of sp³-hybridized carbons (Fsp3) is 0.263. The number of carbonyl (C=O) groups is 1. The van der Waals surface area contributed by atoms with Crippen LogP contribution < -0.4 is 0 Å². The third-order valence-electron chi connectivity index (χ3n) is 3.66. The summed E-state index contributed by atoms with van der Waals surface area (Å²) in [6, 6.07) is 9.60. The monoisotopic (exact) mass is 354 g/mol. The summed E-state index contributed by atoms with van der Waals surface area (Å²) in [4.78, 5) is 16.1. The van der Waals surface area contributed by atoms with Crippen LogP contribution in [-0.4, -0.2) is 32.6 Å². The molecule has 0 saturated carbocycles. The van der Waals surface area contributed by atoms with E-state index >= 15 is 0 Å². The predicted octanol–water partition coefficient (Wildman–Crippen LogP) is 3.35. The molecule has 0 aliphatic carbocycles. The maximum absolute atomic E-state index is 13.3. The molecule has 0 aliphatic rings. The molecule has 2 heterocycles. The van der Waals surface area contributed by atoms with Crippen LogP contribution in [0.2, 0.25) is 0 Å². The van der Waals surface area contributed by atoms with E-state index in [0.717, 1.165) is 5.56 Å². The van der Waals surface area contributed by atoms with Crippen molar-refractivity contribution in [1.29, 1.82) is 0 Å². The fourth-order valence-corrected chi connectivity index (χ4v) is 2.45. The standard InChI is InChI=1S/C19H19FN4O2/c1-13(2)12-26-17(25)11-24-19(15-3-5-16(20)6-4-15)18(22-23-24)14-7-9-21-10-8-14/h3-10,13H,11-12H2,1-2H3. The molecule has 0 spiro atoms. The summed E-state index contributed by atoms with van der Waals surface area (Å²) >= 11 is 0. The first-order valence-electron chi connectivity index (χ1n) is 8.30. The van der Waals surface area contributed by atoms with Crippen LogP contribution >= 0.6 is 0 Å². The predicted molar refractivity (Wildman–Crippen MR) is 94.4 cm³/mol. The van der Waals surface area contributed by atoms with Crippen LogP contribution in [0.25, 0.3) is 22.5 Å². The second kappa shape index (κ2) is 7.86. The molecule has 0 atom stereocenters. The highest BCUT2D eigenvalue weighted by atomic mass is 19.1. The Bertz CT molecular complexity index is 876. The van der Waals surface area contributed by atoms with Crippen molar-refractivity contribution in [3.8, 4) is 22.5 Å². The van der Waals surface area contributed by atoms with Crippen molar-refractivity contribution in [3.05, 3.63) is 54.6 Å². The van der Waals surface area contributed by atoms with Gasteiger partial charge in [-0.3, -0.25) is 9.78 Å². The van der Waals surface area contributed by atoms with Gasteiger partial charge in [-0.2, -0.15) is 0 Å². The first kappa shape index (κ1) is 17.7. The molecule has 0 N–H and O–H groups in total. The molecule has 26 heavy (non-hydrogen) atoms. The van der Waals surface area contributed by atoms with Gasteiger partial charge >= 0.3 is 5.97 Å². The summed E-state index contributed by atoms with van der Waals surface area (Å²) in [5, 5.41) is 8.33. The lowest BCUT2D eigenvalue weighted by atomic mass is 10.1. The van der Waals surface area contributed by atoms with Gasteiger partial charge in [0.05, 0.1) is 12.3 Å². The smallest absolute Gasteiger partial charge is 0.327 e. The highest BCUT2D eigenvalue weighted by Crippen LogP contribution is 2.30. The van der Waals surface area contributed by atoms with Crippen molar-refractivity contribution >= 4 is 5.97 Å². The number of rotatable bonds is 6. The summed E-state index contributed by atoms with van der Waals surface area (Å²) in [7, 11) is 0. The Morgan fingerprint density at radius 1 is 1.12 bits per heavy atom. The van der Waals surface area contributed by atoms with Crippen molar-refractivity contribution in [2.75, 3.05) is 6.61 Å². The Morgan fingerprint density at radius 3 is 2.46 bits per heavy atom. The highest BCUT2D eigenvalue weighted by Gasteiger charge is 2.19. The van der Waals surface area contributed by atoms with Gasteiger partial charge < -0.3 is 4.74 Å². The van der Waals surface area contributed by atoms with E-state index in [1.54, 1.807) is 36.7 Å². The van der Waals surface area contributed by atoms with Crippen LogP contribution in [0.3, 0.4) is 0 Å². The number of pyridine rings is 1. The Labute approximate surface area is 150 Å². The topological polar surface area (TPSA) is 69.9 Å². The van der Waals surface area contributed by atoms with E-state index in [1.807, 2.05) is 13.8 Å². The molecule has 7 heteroatoms. The van der Waals surface area contributed by atoms with Crippen molar-refractivity contribution in [1.82, 2.24) is 20.0 Å². The maximum atomic E-state index is 13.3. The number of ether oxygens (including phenoxy) is 1. The lowest BCUT2D eigenvalue weighted by Crippen LogP contribution is -2.17. The largest absolute Gasteiger partial charge is 0.464 e. The van der Waals surface area contributed by atoms with E-state index in [0.29, 0.717) is 23.6 Å². The molecule has 2 aromatic heterocycles. The lowest BCUT2D eigenvalue weighted by Gasteiger charge is -2.10. The van der Waals surface area contributed by atoms with E-state index in [-0.39, 0.29) is 18.3 Å². The number of aromatic nitrogens is 4. The minimum absolute atomic E-state index is 0.0719. The maximum Gasteiger partial charge on any atom is 0.327 e. The van der Waals surface area contributed by atoms with Crippen molar-refractivity contribution < 1.29 is 13.9 Å². The highest BCUT2D eigenvalue weighted by molar-refractivity contribution is 5.79. The molecule has 0 aliphatic heterocycles. The molecule has 3 rings (SSSR count). The SMILES string of the molecule is CC(C)COC(=O)Cn1nnc(-c2ccncc2)c1-c1ccc(F)cc1. The molecule has 1 aromatic carbocycles. The van der Waals surface area contributed by atoms with E-state index in [1.165, 1.54) is 16.8 Å². The number of halogens is 1. The van der Waals surface area contributed by atoms with Crippen LogP contribution in [0.4, 0.5) is 4.39 Å². The molecule has 0 saturated heterocycles. The van der Waals surface area contributed by atoms with E-state index in [2.05, 4.69) is 15.3 Å². The average Bonchev–Trinajstić information content (AvgIpc) is 3.05. The first-order valence-corrected chi connectivity index (χ1v) is 8.30. The number of nitrogens with zero attached hydrogens (tertiary/aromatic N) is 4. The van der Waals surface area contributed by atoms with Gasteiger partial charge in [-0.05, 0) is 42.3 Å². The molecule has 0 bridgehead atoms. The van der Waals surface area contributed by atoms with Gasteiger partial charge in [-0.15, -0.1) is 5.10 Å². The van der Waals surface area contributed by atoms with Crippen LogP contribution in [0.15, 0.2) is 48.8 Å². The molecule has 0 radical (unpaired) electrons. The van der Waals surface area contributed by atoms with Crippen LogP contribution in [0.1, 0.15) is 13.8 Å². The molecular formula is C19H19FN4O2. The Morgan fingerprint density at radius 2 is 1.81 bits per heavy atom. The Hall–Kier alpha value is -3.09. The van der Waals surface area contributed by atoms with Gasteiger partial charge in [0.25, 0.3) is 0 Å². The lowest BCUT2D eigenvalue weighted by molar-refractivity contribution is -0.145. The number of carbonyl (C=O) groups excluding carboxylic acids is 1. The van der Waals surface area contributed by atoms with E-state index in [4.69, 9.17) is 4.74 Å². The second-order valence-corrected chi connectivity index (χ2v) is 6.26. The number of hydrogen-bond acceptors (Lipinski definition) is 5. The number of esters is 1. The molecule has 134 valence electrons. The Balaban J connectivity index is 1.98. The van der Waals surface area contributed by atoms with Gasteiger partial charge in [0.15, 0.2) is 0 Å². The molecule has 0 fully saturated rings. The quantitative estimate of drug-likeness (QED) is 0.635. The summed E-state index contributed by atoms with van der Waals surface area (Å²) in [5.74, 6) is -0.485. The number of benzene rings is 1. The van der Waals surface area contributed by atoms with Crippen LogP contribution in [0, 0.1) is 11.7 Å². The molecular weight excluding hydrogens is 335 g/mol. The van der Waals surface area contributed by atoms with Gasteiger partial charge in [0.1, 0.15) is 18.1 Å². The van der Waals surface area contributed by atoms with Crippen molar-refractivity contribution in [2.24, 2.45) is 5.92 Å². The van der Waals surface area contributed by atoms with Crippen molar-refractivity contribution in [3.63, 3.8) is 0 Å². The second-order valence-electron chi connectivity index (χ2n) is 6.26. The molecule has 0 amide bonds. The molecule has 3 aromatic rings. The zero-order valence-electron chi connectivity index (χ0n) is 14.6. The van der Waals surface area contributed by atoms with Gasteiger partial charge in [0.2, 0.25) is 0 Å². The third-order valence-corrected chi connectivity index (χ3v) is 3.66. The van der Waals surface area contributed by atoms with Crippen LogP contribution in [-0.2, 0) is 16.1 Å².